The molecule has 1 aromatic carbocycles. The maximum atomic E-state index is 5.85. The van der Waals surface area contributed by atoms with Gasteiger partial charge in [0.1, 0.15) is 5.82 Å². The van der Waals surface area contributed by atoms with Crippen molar-refractivity contribution in [1.82, 2.24) is 4.98 Å². The third kappa shape index (κ3) is 3.06. The number of halogens is 1. The molecule has 2 atom stereocenters. The molecule has 19 heavy (non-hydrogen) atoms. The molecule has 1 heterocycles. The third-order valence-corrected chi connectivity index (χ3v) is 3.69. The minimum atomic E-state index is 0.328. The van der Waals surface area contributed by atoms with E-state index in [1.165, 1.54) is 11.1 Å². The average Bonchev–Trinajstić information content (AvgIpc) is 3.16. The first-order chi connectivity index (χ1) is 9.22. The van der Waals surface area contributed by atoms with Crippen LogP contribution in [0.1, 0.15) is 23.5 Å². The first-order valence-electron chi connectivity index (χ1n) is 6.42. The van der Waals surface area contributed by atoms with Crippen LogP contribution in [0.5, 0.6) is 0 Å². The van der Waals surface area contributed by atoms with Gasteiger partial charge in [-0.3, -0.25) is 0 Å². The van der Waals surface area contributed by atoms with E-state index >= 15 is 0 Å². The first-order valence-corrected chi connectivity index (χ1v) is 6.80. The fourth-order valence-electron chi connectivity index (χ4n) is 2.12. The fraction of sp³-hybridized carbons (Fsp3) is 0.267. The van der Waals surface area contributed by atoms with Gasteiger partial charge < -0.3 is 11.1 Å². The van der Waals surface area contributed by atoms with Crippen molar-refractivity contribution in [3.8, 4) is 0 Å². The second kappa shape index (κ2) is 5.19. The van der Waals surface area contributed by atoms with E-state index in [1.54, 1.807) is 0 Å². The highest BCUT2D eigenvalue weighted by atomic mass is 35.5. The molecule has 0 saturated heterocycles. The monoisotopic (exact) mass is 273 g/mol. The van der Waals surface area contributed by atoms with Crippen molar-refractivity contribution < 1.29 is 0 Å². The van der Waals surface area contributed by atoms with Crippen LogP contribution in [0, 0.1) is 0 Å². The van der Waals surface area contributed by atoms with Gasteiger partial charge in [0.2, 0.25) is 0 Å². The summed E-state index contributed by atoms with van der Waals surface area (Å²) >= 11 is 5.85. The van der Waals surface area contributed by atoms with Gasteiger partial charge in [0.25, 0.3) is 0 Å². The lowest BCUT2D eigenvalue weighted by Crippen LogP contribution is -2.03. The summed E-state index contributed by atoms with van der Waals surface area (Å²) in [5.74, 6) is 1.39. The van der Waals surface area contributed by atoms with Gasteiger partial charge in [0.05, 0.1) is 0 Å². The number of benzene rings is 1. The van der Waals surface area contributed by atoms with Crippen molar-refractivity contribution in [2.45, 2.75) is 24.9 Å². The summed E-state index contributed by atoms with van der Waals surface area (Å²) in [6, 6.07) is 12.2. The lowest BCUT2D eigenvalue weighted by atomic mass is 10.2. The average molecular weight is 274 g/mol. The lowest BCUT2D eigenvalue weighted by Gasteiger charge is -2.06. The second-order valence-corrected chi connectivity index (χ2v) is 5.40. The Morgan fingerprint density at radius 2 is 1.95 bits per heavy atom. The number of aromatic nitrogens is 1. The maximum absolute atomic E-state index is 5.85. The molecule has 0 bridgehead atoms. The van der Waals surface area contributed by atoms with Crippen molar-refractivity contribution in [1.29, 1.82) is 0 Å². The Morgan fingerprint density at radius 1 is 1.21 bits per heavy atom. The van der Waals surface area contributed by atoms with Crippen molar-refractivity contribution in [2.75, 3.05) is 5.32 Å². The zero-order valence-corrected chi connectivity index (χ0v) is 11.3. The number of hydrogen-bond acceptors (Lipinski definition) is 3. The minimum absolute atomic E-state index is 0.328. The van der Waals surface area contributed by atoms with Crippen molar-refractivity contribution in [2.24, 2.45) is 5.73 Å². The lowest BCUT2D eigenvalue weighted by molar-refractivity contribution is 0.978. The van der Waals surface area contributed by atoms with Gasteiger partial charge in [0, 0.05) is 29.7 Å². The summed E-state index contributed by atoms with van der Waals surface area (Å²) in [5, 5.41) is 4.05. The van der Waals surface area contributed by atoms with Gasteiger partial charge in [-0.1, -0.05) is 29.8 Å². The zero-order chi connectivity index (χ0) is 13.2. The summed E-state index contributed by atoms with van der Waals surface area (Å²) in [5.41, 5.74) is 8.25. The second-order valence-electron chi connectivity index (χ2n) is 4.96. The standard InChI is InChI=1S/C15H16ClN3/c16-12-4-1-10(2-5-12)8-18-15-6-3-11(9-19-15)13-7-14(13)17/h1-6,9,13-14H,7-8,17H2,(H,18,19)/t13-,14+/m1/s1. The largest absolute Gasteiger partial charge is 0.366 e. The smallest absolute Gasteiger partial charge is 0.126 e. The molecule has 0 aliphatic heterocycles. The van der Waals surface area contributed by atoms with Gasteiger partial charge in [0.15, 0.2) is 0 Å². The SMILES string of the molecule is N[C@H]1C[C@@H]1c1ccc(NCc2ccc(Cl)cc2)nc1. The van der Waals surface area contributed by atoms with Gasteiger partial charge >= 0.3 is 0 Å². The van der Waals surface area contributed by atoms with Crippen LogP contribution in [-0.2, 0) is 6.54 Å². The highest BCUT2D eigenvalue weighted by molar-refractivity contribution is 6.30. The molecule has 1 saturated carbocycles. The number of nitrogens with zero attached hydrogens (tertiary/aromatic N) is 1. The zero-order valence-electron chi connectivity index (χ0n) is 10.5. The molecule has 0 amide bonds. The van der Waals surface area contributed by atoms with E-state index in [0.29, 0.717) is 12.0 Å². The van der Waals surface area contributed by atoms with E-state index in [0.717, 1.165) is 23.8 Å². The van der Waals surface area contributed by atoms with Crippen molar-refractivity contribution >= 4 is 17.4 Å². The van der Waals surface area contributed by atoms with Crippen molar-refractivity contribution in [3.63, 3.8) is 0 Å². The van der Waals surface area contributed by atoms with Crippen LogP contribution < -0.4 is 11.1 Å². The Labute approximate surface area is 117 Å². The molecule has 1 fully saturated rings. The molecule has 1 aliphatic rings. The van der Waals surface area contributed by atoms with E-state index in [2.05, 4.69) is 16.4 Å². The predicted octanol–water partition coefficient (Wildman–Crippen LogP) is 3.16. The highest BCUT2D eigenvalue weighted by Crippen LogP contribution is 2.38. The molecule has 0 unspecified atom stereocenters. The predicted molar refractivity (Wildman–Crippen MR) is 78.3 cm³/mol. The molecule has 4 heteroatoms. The van der Waals surface area contributed by atoms with Crippen LogP contribution in [0.3, 0.4) is 0 Å². The molecule has 0 radical (unpaired) electrons. The number of anilines is 1. The number of pyridine rings is 1. The molecule has 2 aromatic rings. The van der Waals surface area contributed by atoms with Gasteiger partial charge in [-0.25, -0.2) is 4.98 Å². The molecule has 1 aromatic heterocycles. The van der Waals surface area contributed by atoms with E-state index in [4.69, 9.17) is 17.3 Å². The Hall–Kier alpha value is -1.58. The molecular weight excluding hydrogens is 258 g/mol. The molecular formula is C15H16ClN3. The Balaban J connectivity index is 1.59. The molecule has 0 spiro atoms. The van der Waals surface area contributed by atoms with Crippen LogP contribution in [0.15, 0.2) is 42.6 Å². The van der Waals surface area contributed by atoms with Gasteiger partial charge in [-0.2, -0.15) is 0 Å². The quantitative estimate of drug-likeness (QED) is 0.900. The van der Waals surface area contributed by atoms with Crippen LogP contribution in [0.2, 0.25) is 5.02 Å². The summed E-state index contributed by atoms with van der Waals surface area (Å²) in [6.45, 7) is 0.743. The minimum Gasteiger partial charge on any atom is -0.366 e. The van der Waals surface area contributed by atoms with E-state index in [-0.39, 0.29) is 0 Å². The van der Waals surface area contributed by atoms with Crippen molar-refractivity contribution in [3.05, 3.63) is 58.7 Å². The third-order valence-electron chi connectivity index (χ3n) is 3.44. The van der Waals surface area contributed by atoms with Crippen LogP contribution in [0.25, 0.3) is 0 Å². The Bertz CT molecular complexity index is 551. The molecule has 3 N–H and O–H groups in total. The number of nitrogens with one attached hydrogen (secondary N) is 1. The number of rotatable bonds is 4. The van der Waals surface area contributed by atoms with E-state index in [9.17, 15) is 0 Å². The normalized spacial score (nSPS) is 21.2. The Morgan fingerprint density at radius 3 is 2.53 bits per heavy atom. The number of nitrogens with two attached hydrogens (primary N) is 1. The van der Waals surface area contributed by atoms with E-state index in [1.807, 2.05) is 36.5 Å². The molecule has 1 aliphatic carbocycles. The van der Waals surface area contributed by atoms with E-state index < -0.39 is 0 Å². The topological polar surface area (TPSA) is 50.9 Å². The number of hydrogen-bond donors (Lipinski definition) is 2. The first kappa shape index (κ1) is 12.5. The fourth-order valence-corrected chi connectivity index (χ4v) is 2.25. The molecule has 3 rings (SSSR count). The summed E-state index contributed by atoms with van der Waals surface area (Å²) in [7, 11) is 0. The van der Waals surface area contributed by atoms with Gasteiger partial charge in [-0.05, 0) is 35.7 Å². The van der Waals surface area contributed by atoms with Gasteiger partial charge in [-0.15, -0.1) is 0 Å². The Kier molecular flexibility index (Phi) is 3.40. The van der Waals surface area contributed by atoms with Crippen LogP contribution >= 0.6 is 11.6 Å². The highest BCUT2D eigenvalue weighted by Gasteiger charge is 2.34. The van der Waals surface area contributed by atoms with Crippen LogP contribution in [0.4, 0.5) is 5.82 Å². The summed E-state index contributed by atoms with van der Waals surface area (Å²) in [4.78, 5) is 4.41. The summed E-state index contributed by atoms with van der Waals surface area (Å²) < 4.78 is 0. The molecule has 98 valence electrons. The summed E-state index contributed by atoms with van der Waals surface area (Å²) in [6.07, 6.45) is 3.00. The van der Waals surface area contributed by atoms with Crippen LogP contribution in [-0.4, -0.2) is 11.0 Å². The maximum Gasteiger partial charge on any atom is 0.126 e. The molecule has 3 nitrogen and oxygen atoms in total.